The maximum atomic E-state index is 11.7. The molecule has 1 aliphatic heterocycles. The lowest BCUT2D eigenvalue weighted by Gasteiger charge is -2.10. The average molecular weight is 396 g/mol. The monoisotopic (exact) mass is 395 g/mol. The molecule has 0 spiro atoms. The van der Waals surface area contributed by atoms with Gasteiger partial charge in [0.2, 0.25) is 0 Å². The first-order chi connectivity index (χ1) is 12.3. The molecule has 140 valence electrons. The van der Waals surface area contributed by atoms with Crippen LogP contribution in [0, 0.1) is 0 Å². The molecule has 1 aromatic carbocycles. The van der Waals surface area contributed by atoms with E-state index in [1.54, 1.807) is 19.2 Å². The number of hydrogen-bond donors (Lipinski definition) is 0. The Balaban J connectivity index is 1.77. The number of rotatable bonds is 6. The third-order valence-corrected chi connectivity index (χ3v) is 7.35. The van der Waals surface area contributed by atoms with Crippen LogP contribution in [0.5, 0.6) is 5.75 Å². The van der Waals surface area contributed by atoms with Crippen molar-refractivity contribution in [3.63, 3.8) is 0 Å². The summed E-state index contributed by atoms with van der Waals surface area (Å²) in [5, 5.41) is 9.12. The van der Waals surface area contributed by atoms with E-state index in [0.717, 1.165) is 5.56 Å². The van der Waals surface area contributed by atoms with Gasteiger partial charge in [-0.25, -0.2) is 8.42 Å². The van der Waals surface area contributed by atoms with E-state index in [-0.39, 0.29) is 23.2 Å². The highest BCUT2D eigenvalue weighted by Crippen LogP contribution is 2.32. The summed E-state index contributed by atoms with van der Waals surface area (Å²) in [7, 11) is 0.483. The summed E-state index contributed by atoms with van der Waals surface area (Å²) in [6.07, 6.45) is 0.591. The summed E-state index contributed by atoms with van der Waals surface area (Å²) in [5.41, 5.74) is 1.54. The first kappa shape index (κ1) is 18.9. The molecule has 0 N–H and O–H groups in total. The first-order valence-electron chi connectivity index (χ1n) is 8.21. The molecule has 1 atom stereocenters. The Bertz CT molecular complexity index is 937. The number of carbonyl (C=O) groups is 1. The molecule has 0 aliphatic carbocycles. The number of nitrogens with zero attached hydrogens (tertiary/aromatic N) is 3. The zero-order chi connectivity index (χ0) is 18.9. The van der Waals surface area contributed by atoms with Crippen molar-refractivity contribution in [3.05, 3.63) is 35.2 Å². The predicted molar refractivity (Wildman–Crippen MR) is 99.6 cm³/mol. The van der Waals surface area contributed by atoms with E-state index in [0.29, 0.717) is 34.5 Å². The molecule has 26 heavy (non-hydrogen) atoms. The van der Waals surface area contributed by atoms with Gasteiger partial charge in [0.25, 0.3) is 0 Å². The molecule has 0 amide bonds. The van der Waals surface area contributed by atoms with Crippen LogP contribution >= 0.6 is 11.8 Å². The van der Waals surface area contributed by atoms with Crippen molar-refractivity contribution in [1.82, 2.24) is 14.8 Å². The van der Waals surface area contributed by atoms with Crippen molar-refractivity contribution >= 4 is 27.4 Å². The largest absolute Gasteiger partial charge is 0.496 e. The fraction of sp³-hybridized carbons (Fsp3) is 0.471. The average Bonchev–Trinajstić information content (AvgIpc) is 3.14. The van der Waals surface area contributed by atoms with Gasteiger partial charge in [0, 0.05) is 29.8 Å². The maximum absolute atomic E-state index is 11.7. The van der Waals surface area contributed by atoms with Crippen LogP contribution in [-0.4, -0.2) is 47.6 Å². The second kappa shape index (κ2) is 7.40. The third-order valence-electron chi connectivity index (χ3n) is 4.51. The number of sulfone groups is 1. The quantitative estimate of drug-likeness (QED) is 0.547. The fourth-order valence-corrected chi connectivity index (χ4v) is 5.69. The zero-order valence-corrected chi connectivity index (χ0v) is 16.6. The van der Waals surface area contributed by atoms with Crippen LogP contribution in [0.1, 0.15) is 41.0 Å². The van der Waals surface area contributed by atoms with Gasteiger partial charge >= 0.3 is 0 Å². The van der Waals surface area contributed by atoms with Crippen LogP contribution in [0.25, 0.3) is 0 Å². The zero-order valence-electron chi connectivity index (χ0n) is 14.9. The summed E-state index contributed by atoms with van der Waals surface area (Å²) in [6, 6.07) is 5.36. The number of ether oxygens (including phenoxy) is 1. The molecule has 1 fully saturated rings. The van der Waals surface area contributed by atoms with Crippen LogP contribution < -0.4 is 4.74 Å². The fourth-order valence-electron chi connectivity index (χ4n) is 3.06. The Morgan fingerprint density at radius 2 is 2.15 bits per heavy atom. The molecule has 0 saturated carbocycles. The second-order valence-corrected chi connectivity index (χ2v) is 9.54. The van der Waals surface area contributed by atoms with E-state index in [4.69, 9.17) is 4.74 Å². The lowest BCUT2D eigenvalue weighted by molar-refractivity contribution is 0.101. The highest BCUT2D eigenvalue weighted by molar-refractivity contribution is 7.98. The van der Waals surface area contributed by atoms with E-state index in [1.807, 2.05) is 17.7 Å². The van der Waals surface area contributed by atoms with Gasteiger partial charge in [0.05, 0.1) is 18.6 Å². The number of ketones is 1. The molecule has 2 heterocycles. The molecule has 1 aromatic heterocycles. The Kier molecular flexibility index (Phi) is 5.38. The Hall–Kier alpha value is -1.87. The van der Waals surface area contributed by atoms with Gasteiger partial charge in [0.15, 0.2) is 20.8 Å². The van der Waals surface area contributed by atoms with Crippen molar-refractivity contribution in [2.24, 2.45) is 7.05 Å². The Morgan fingerprint density at radius 1 is 1.38 bits per heavy atom. The summed E-state index contributed by atoms with van der Waals surface area (Å²) in [6.45, 7) is 1.53. The molecule has 9 heteroatoms. The molecule has 1 aliphatic rings. The number of thioether (sulfide) groups is 1. The Morgan fingerprint density at radius 3 is 2.77 bits per heavy atom. The van der Waals surface area contributed by atoms with Crippen LogP contribution in [-0.2, 0) is 22.6 Å². The second-order valence-electron chi connectivity index (χ2n) is 6.37. The molecular weight excluding hydrogens is 374 g/mol. The topological polar surface area (TPSA) is 91.2 Å². The van der Waals surface area contributed by atoms with Gasteiger partial charge in [-0.05, 0) is 31.5 Å². The molecule has 2 aromatic rings. The van der Waals surface area contributed by atoms with E-state index >= 15 is 0 Å². The number of Topliss-reactive ketones (excluding diaryl/α,β-unsaturated/α-hetero) is 1. The minimum atomic E-state index is -2.96. The standard InChI is InChI=1S/C17H21N3O4S2/c1-11(21)12-4-5-15(24-3)14(8-12)9-25-17-19-18-16(20(17)2)13-6-7-26(22,23)10-13/h4-5,8,13H,6-7,9-10H2,1-3H3/t13-/m0/s1. The highest BCUT2D eigenvalue weighted by atomic mass is 32.2. The van der Waals surface area contributed by atoms with Gasteiger partial charge in [-0.1, -0.05) is 11.8 Å². The number of aromatic nitrogens is 3. The first-order valence-corrected chi connectivity index (χ1v) is 11.0. The molecule has 7 nitrogen and oxygen atoms in total. The van der Waals surface area contributed by atoms with E-state index < -0.39 is 9.84 Å². The van der Waals surface area contributed by atoms with Crippen LogP contribution in [0.2, 0.25) is 0 Å². The smallest absolute Gasteiger partial charge is 0.191 e. The third kappa shape index (κ3) is 3.93. The van der Waals surface area contributed by atoms with Crippen molar-refractivity contribution in [1.29, 1.82) is 0 Å². The van der Waals surface area contributed by atoms with Gasteiger partial charge < -0.3 is 9.30 Å². The van der Waals surface area contributed by atoms with Crippen LogP contribution in [0.3, 0.4) is 0 Å². The Labute approximate surface area is 157 Å². The van der Waals surface area contributed by atoms with Crippen molar-refractivity contribution < 1.29 is 17.9 Å². The molecule has 0 radical (unpaired) electrons. The molecule has 0 bridgehead atoms. The van der Waals surface area contributed by atoms with Gasteiger partial charge in [0.1, 0.15) is 11.6 Å². The molecule has 0 unspecified atom stereocenters. The van der Waals surface area contributed by atoms with Crippen molar-refractivity contribution in [3.8, 4) is 5.75 Å². The van der Waals surface area contributed by atoms with Gasteiger partial charge in [-0.2, -0.15) is 0 Å². The summed E-state index contributed by atoms with van der Waals surface area (Å²) in [4.78, 5) is 11.6. The summed E-state index contributed by atoms with van der Waals surface area (Å²) >= 11 is 1.48. The number of hydrogen-bond acceptors (Lipinski definition) is 7. The summed E-state index contributed by atoms with van der Waals surface area (Å²) < 4.78 is 30.6. The normalized spacial score (nSPS) is 18.8. The lowest BCUT2D eigenvalue weighted by atomic mass is 10.1. The molecule has 1 saturated heterocycles. The SMILES string of the molecule is COc1ccc(C(C)=O)cc1CSc1nnc([C@H]2CCS(=O)(=O)C2)n1C. The van der Waals surface area contributed by atoms with Gasteiger partial charge in [-0.15, -0.1) is 10.2 Å². The van der Waals surface area contributed by atoms with E-state index in [9.17, 15) is 13.2 Å². The minimum absolute atomic E-state index is 0.00212. The van der Waals surface area contributed by atoms with E-state index in [2.05, 4.69) is 10.2 Å². The number of benzene rings is 1. The molecular formula is C17H21N3O4S2. The molecule has 3 rings (SSSR count). The van der Waals surface area contributed by atoms with Crippen molar-refractivity contribution in [2.75, 3.05) is 18.6 Å². The van der Waals surface area contributed by atoms with Crippen molar-refractivity contribution in [2.45, 2.75) is 30.2 Å². The number of carbonyl (C=O) groups excluding carboxylic acids is 1. The predicted octanol–water partition coefficient (Wildman–Crippen LogP) is 2.22. The maximum Gasteiger partial charge on any atom is 0.191 e. The van der Waals surface area contributed by atoms with Crippen LogP contribution in [0.15, 0.2) is 23.4 Å². The van der Waals surface area contributed by atoms with Gasteiger partial charge in [-0.3, -0.25) is 4.79 Å². The van der Waals surface area contributed by atoms with Crippen LogP contribution in [0.4, 0.5) is 0 Å². The number of methoxy groups -OCH3 is 1. The highest BCUT2D eigenvalue weighted by Gasteiger charge is 2.32. The lowest BCUT2D eigenvalue weighted by Crippen LogP contribution is -2.09. The summed E-state index contributed by atoms with van der Waals surface area (Å²) in [5.74, 6) is 2.24. The van der Waals surface area contributed by atoms with E-state index in [1.165, 1.54) is 18.7 Å². The minimum Gasteiger partial charge on any atom is -0.496 e.